The molecule has 0 saturated carbocycles. The molecular weight excluding hydrogens is 789 g/mol. The fraction of sp³-hybridized carbons (Fsp3) is 0.524. The molecule has 1 saturated heterocycles. The van der Waals surface area contributed by atoms with Crippen LogP contribution in [0.5, 0.6) is 5.75 Å². The third-order valence-electron chi connectivity index (χ3n) is 10.4. The van der Waals surface area contributed by atoms with Crippen molar-refractivity contribution in [3.63, 3.8) is 0 Å². The van der Waals surface area contributed by atoms with E-state index in [9.17, 15) is 38.7 Å². The van der Waals surface area contributed by atoms with E-state index in [1.807, 2.05) is 42.5 Å². The van der Waals surface area contributed by atoms with Crippen molar-refractivity contribution in [2.24, 2.45) is 22.4 Å². The number of carboxylic acid groups (broad SMARTS) is 1. The van der Waals surface area contributed by atoms with Crippen LogP contribution in [-0.2, 0) is 41.6 Å². The molecule has 1 aliphatic rings. The van der Waals surface area contributed by atoms with Crippen molar-refractivity contribution in [3.8, 4) is 5.75 Å². The van der Waals surface area contributed by atoms with E-state index in [1.54, 1.807) is 33.1 Å². The molecule has 19 nitrogen and oxygen atoms in total. The zero-order valence-corrected chi connectivity index (χ0v) is 35.6. The Morgan fingerprint density at radius 2 is 1.57 bits per heavy atom. The number of guanidine groups is 1. The SMILES string of the molecule is COc1ccc(CC[C@@H]2NC(=O)[C@H](C(C)C)NC(=O)[C@H](NC(=O)N[C@@H](CCCN=C(N)N)C(=O)O)CCCCNC(=O)[C@H](Cc3ccccc3)NC(=O)[C@H](C)N(C)C2=O)cc1. The lowest BCUT2D eigenvalue weighted by atomic mass is 9.99. The van der Waals surface area contributed by atoms with Gasteiger partial charge in [0.05, 0.1) is 7.11 Å². The lowest BCUT2D eigenvalue weighted by molar-refractivity contribution is -0.142. The van der Waals surface area contributed by atoms with Gasteiger partial charge in [0, 0.05) is 26.6 Å². The maximum absolute atomic E-state index is 14.2. The fourth-order valence-electron chi connectivity index (χ4n) is 6.57. The van der Waals surface area contributed by atoms with Crippen molar-refractivity contribution in [3.05, 3.63) is 65.7 Å². The number of nitrogens with one attached hydrogen (secondary N) is 6. The van der Waals surface area contributed by atoms with Gasteiger partial charge in [-0.2, -0.15) is 0 Å². The molecule has 1 fully saturated rings. The molecule has 3 rings (SSSR count). The summed E-state index contributed by atoms with van der Waals surface area (Å²) in [4.78, 5) is 99.9. The highest BCUT2D eigenvalue weighted by Crippen LogP contribution is 2.16. The number of methoxy groups -OCH3 is 1. The van der Waals surface area contributed by atoms with E-state index in [0.717, 1.165) is 11.1 Å². The molecular formula is C42H62N10O9. The molecule has 11 N–H and O–H groups in total. The van der Waals surface area contributed by atoms with Gasteiger partial charge in [-0.15, -0.1) is 0 Å². The highest BCUT2D eigenvalue weighted by Gasteiger charge is 2.35. The number of nitrogens with zero attached hydrogens (tertiary/aromatic N) is 2. The molecule has 0 radical (unpaired) electrons. The number of likely N-dealkylation sites (N-methyl/N-ethyl adjacent to an activating group) is 1. The monoisotopic (exact) mass is 850 g/mol. The summed E-state index contributed by atoms with van der Waals surface area (Å²) < 4.78 is 5.26. The Bertz CT molecular complexity index is 1820. The number of aliphatic imine (C=N–C) groups is 1. The van der Waals surface area contributed by atoms with Crippen molar-refractivity contribution >= 4 is 47.5 Å². The molecule has 1 heterocycles. The maximum atomic E-state index is 14.2. The number of aliphatic carboxylic acids is 1. The van der Waals surface area contributed by atoms with Crippen LogP contribution in [0.1, 0.15) is 70.4 Å². The molecule has 2 aromatic rings. The summed E-state index contributed by atoms with van der Waals surface area (Å²) >= 11 is 0. The minimum Gasteiger partial charge on any atom is -0.497 e. The van der Waals surface area contributed by atoms with Gasteiger partial charge in [-0.3, -0.25) is 29.0 Å². The molecule has 0 unspecified atom stereocenters. The molecule has 334 valence electrons. The Morgan fingerprint density at radius 3 is 2.20 bits per heavy atom. The van der Waals surface area contributed by atoms with Crippen molar-refractivity contribution in [1.29, 1.82) is 0 Å². The smallest absolute Gasteiger partial charge is 0.326 e. The number of nitrogens with two attached hydrogens (primary N) is 2. The Morgan fingerprint density at radius 1 is 0.902 bits per heavy atom. The Hall–Kier alpha value is -6.40. The quantitative estimate of drug-likeness (QED) is 0.0708. The molecule has 0 spiro atoms. The van der Waals surface area contributed by atoms with Gasteiger partial charge >= 0.3 is 12.0 Å². The molecule has 0 bridgehead atoms. The highest BCUT2D eigenvalue weighted by molar-refractivity contribution is 5.96. The van der Waals surface area contributed by atoms with Gasteiger partial charge in [-0.25, -0.2) is 9.59 Å². The number of amides is 7. The number of rotatable bonds is 14. The molecule has 61 heavy (non-hydrogen) atoms. The average Bonchev–Trinajstić information content (AvgIpc) is 3.23. The van der Waals surface area contributed by atoms with Gasteiger partial charge in [-0.1, -0.05) is 56.3 Å². The van der Waals surface area contributed by atoms with Gasteiger partial charge in [0.15, 0.2) is 5.96 Å². The second-order valence-corrected chi connectivity index (χ2v) is 15.4. The van der Waals surface area contributed by atoms with E-state index in [0.29, 0.717) is 25.0 Å². The summed E-state index contributed by atoms with van der Waals surface area (Å²) in [5.41, 5.74) is 12.3. The molecule has 7 amide bonds. The molecule has 0 aliphatic carbocycles. The molecule has 6 atom stereocenters. The zero-order valence-electron chi connectivity index (χ0n) is 35.6. The normalized spacial score (nSPS) is 21.6. The number of benzene rings is 2. The maximum Gasteiger partial charge on any atom is 0.326 e. The fourth-order valence-corrected chi connectivity index (χ4v) is 6.57. The first-order valence-electron chi connectivity index (χ1n) is 20.5. The van der Waals surface area contributed by atoms with Crippen LogP contribution in [-0.4, -0.2) is 121 Å². The average molecular weight is 851 g/mol. The second kappa shape index (κ2) is 24.6. The predicted octanol–water partition coefficient (Wildman–Crippen LogP) is 0.303. The zero-order chi connectivity index (χ0) is 45.1. The van der Waals surface area contributed by atoms with Gasteiger partial charge in [-0.05, 0) is 81.0 Å². The van der Waals surface area contributed by atoms with Crippen LogP contribution in [0.25, 0.3) is 0 Å². The Balaban J connectivity index is 1.95. The van der Waals surface area contributed by atoms with E-state index < -0.39 is 83.7 Å². The van der Waals surface area contributed by atoms with Crippen molar-refractivity contribution in [2.75, 3.05) is 27.2 Å². The van der Waals surface area contributed by atoms with Gasteiger partial charge < -0.3 is 58.1 Å². The van der Waals surface area contributed by atoms with E-state index in [4.69, 9.17) is 16.2 Å². The number of ether oxygens (including phenoxy) is 1. The van der Waals surface area contributed by atoms with E-state index in [1.165, 1.54) is 18.9 Å². The van der Waals surface area contributed by atoms with Crippen LogP contribution in [0.4, 0.5) is 4.79 Å². The topological polar surface area (TPSA) is 289 Å². The van der Waals surface area contributed by atoms with Crippen LogP contribution >= 0.6 is 0 Å². The third kappa shape index (κ3) is 16.3. The lowest BCUT2D eigenvalue weighted by Gasteiger charge is -2.31. The highest BCUT2D eigenvalue weighted by atomic mass is 16.5. The van der Waals surface area contributed by atoms with Crippen LogP contribution in [0, 0.1) is 5.92 Å². The van der Waals surface area contributed by atoms with Gasteiger partial charge in [0.2, 0.25) is 29.5 Å². The van der Waals surface area contributed by atoms with Gasteiger partial charge in [0.25, 0.3) is 0 Å². The summed E-state index contributed by atoms with van der Waals surface area (Å²) in [5, 5.41) is 25.9. The van der Waals surface area contributed by atoms with Crippen LogP contribution in [0.15, 0.2) is 59.6 Å². The minimum absolute atomic E-state index is 0.0102. The molecule has 1 aliphatic heterocycles. The van der Waals surface area contributed by atoms with E-state index >= 15 is 0 Å². The number of carboxylic acids is 1. The first kappa shape index (κ1) is 49.0. The van der Waals surface area contributed by atoms with E-state index in [2.05, 4.69) is 36.9 Å². The Kier molecular flexibility index (Phi) is 19.8. The number of aryl methyl sites for hydroxylation is 1. The number of carbonyl (C=O) groups is 7. The van der Waals surface area contributed by atoms with Crippen molar-refractivity contribution < 1.29 is 43.4 Å². The summed E-state index contributed by atoms with van der Waals surface area (Å²) in [6, 6.07) is 8.41. The number of hydrogen-bond donors (Lipinski definition) is 9. The number of carbonyl (C=O) groups excluding carboxylic acids is 6. The number of urea groups is 1. The summed E-state index contributed by atoms with van der Waals surface area (Å²) in [5.74, 6) is -4.35. The predicted molar refractivity (Wildman–Crippen MR) is 228 cm³/mol. The minimum atomic E-state index is -1.33. The van der Waals surface area contributed by atoms with E-state index in [-0.39, 0.29) is 51.2 Å². The molecule has 19 heteroatoms. The second-order valence-electron chi connectivity index (χ2n) is 15.4. The molecule has 2 aromatic carbocycles. The largest absolute Gasteiger partial charge is 0.497 e. The van der Waals surface area contributed by atoms with Crippen LogP contribution < -0.4 is 48.1 Å². The van der Waals surface area contributed by atoms with Crippen molar-refractivity contribution in [2.45, 2.75) is 108 Å². The third-order valence-corrected chi connectivity index (χ3v) is 10.4. The standard InChI is InChI=1S/C42H62N10O9/c1-25(2)34-38(56)47-31(21-18-27-16-19-29(61-5)20-17-27)39(57)52(4)26(3)35(53)48-33(24-28-12-7-6-8-13-28)36(54)45-22-10-9-14-30(37(55)51-34)49-42(60)50-32(40(58)59)15-11-23-46-41(43)44/h6-8,12-13,16-17,19-20,25-26,30-34H,9-11,14-15,18,21-24H2,1-5H3,(H,45,54)(H,47,56)(H,48,53)(H,51,55)(H,58,59)(H4,43,44,46)(H2,49,50,60)/t26-,30+,31-,32-,33-,34-/m0/s1. The van der Waals surface area contributed by atoms with Crippen LogP contribution in [0.2, 0.25) is 0 Å². The molecule has 0 aromatic heterocycles. The summed E-state index contributed by atoms with van der Waals surface area (Å²) in [6.45, 7) is 5.23. The summed E-state index contributed by atoms with van der Waals surface area (Å²) in [6.07, 6.45) is 1.55. The first-order chi connectivity index (χ1) is 29.0. The lowest BCUT2D eigenvalue weighted by Crippen LogP contribution is -2.60. The Labute approximate surface area is 356 Å². The van der Waals surface area contributed by atoms with Crippen molar-refractivity contribution in [1.82, 2.24) is 36.8 Å². The summed E-state index contributed by atoms with van der Waals surface area (Å²) in [7, 11) is 2.98. The van der Waals surface area contributed by atoms with Crippen LogP contribution in [0.3, 0.4) is 0 Å². The first-order valence-corrected chi connectivity index (χ1v) is 20.5. The van der Waals surface area contributed by atoms with Gasteiger partial charge in [0.1, 0.15) is 42.0 Å². The number of hydrogen-bond acceptors (Lipinski definition) is 9.